The first-order chi connectivity index (χ1) is 7.81. The zero-order valence-corrected chi connectivity index (χ0v) is 9.78. The Kier molecular flexibility index (Phi) is 3.54. The van der Waals surface area contributed by atoms with Gasteiger partial charge in [0.25, 0.3) is 0 Å². The predicted molar refractivity (Wildman–Crippen MR) is 63.2 cm³/mol. The Morgan fingerprint density at radius 2 is 2.38 bits per heavy atom. The van der Waals surface area contributed by atoms with Gasteiger partial charge in [0.15, 0.2) is 5.78 Å². The quantitative estimate of drug-likeness (QED) is 0.778. The van der Waals surface area contributed by atoms with E-state index in [4.69, 9.17) is 0 Å². The number of nitrogens with zero attached hydrogens (tertiary/aromatic N) is 2. The maximum atomic E-state index is 12.0. The van der Waals surface area contributed by atoms with Gasteiger partial charge < -0.3 is 4.57 Å². The third-order valence-corrected chi connectivity index (χ3v) is 3.11. The number of carbonyl (C=O) groups is 1. The van der Waals surface area contributed by atoms with Gasteiger partial charge in [0.1, 0.15) is 5.82 Å². The molecule has 1 aromatic rings. The molecule has 0 unspecified atom stereocenters. The maximum absolute atomic E-state index is 12.0. The summed E-state index contributed by atoms with van der Waals surface area (Å²) in [5.41, 5.74) is 1.01. The molecule has 0 spiro atoms. The van der Waals surface area contributed by atoms with Crippen LogP contribution in [-0.4, -0.2) is 15.3 Å². The van der Waals surface area contributed by atoms with E-state index in [-0.39, 0.29) is 5.78 Å². The first-order valence-corrected chi connectivity index (χ1v) is 6.03. The molecule has 0 radical (unpaired) electrons. The molecule has 2 rings (SSSR count). The summed E-state index contributed by atoms with van der Waals surface area (Å²) in [5, 5.41) is 0. The van der Waals surface area contributed by atoms with Crippen LogP contribution in [0.3, 0.4) is 0 Å². The van der Waals surface area contributed by atoms with Crippen molar-refractivity contribution < 1.29 is 4.79 Å². The van der Waals surface area contributed by atoms with E-state index in [1.165, 1.54) is 6.42 Å². The third-order valence-electron chi connectivity index (χ3n) is 3.11. The number of ketones is 1. The number of allylic oxidation sites excluding steroid dienone is 2. The average molecular weight is 218 g/mol. The second-order valence-electron chi connectivity index (χ2n) is 4.20. The van der Waals surface area contributed by atoms with E-state index < -0.39 is 0 Å². The molecule has 0 aliphatic heterocycles. The molecule has 0 amide bonds. The largest absolute Gasteiger partial charge is 0.335 e. The smallest absolute Gasteiger partial charge is 0.166 e. The highest BCUT2D eigenvalue weighted by Gasteiger charge is 2.14. The summed E-state index contributed by atoms with van der Waals surface area (Å²) in [5.74, 6) is 1.14. The Hall–Kier alpha value is -1.38. The van der Waals surface area contributed by atoms with Crippen LogP contribution in [0, 0.1) is 0 Å². The lowest BCUT2D eigenvalue weighted by Crippen LogP contribution is -2.12. The minimum atomic E-state index is 0.251. The van der Waals surface area contributed by atoms with Gasteiger partial charge in [0, 0.05) is 18.9 Å². The normalized spacial score (nSPS) is 15.9. The topological polar surface area (TPSA) is 34.9 Å². The molecule has 0 atom stereocenters. The number of rotatable bonds is 4. The van der Waals surface area contributed by atoms with E-state index in [1.54, 1.807) is 6.20 Å². The van der Waals surface area contributed by atoms with Crippen LogP contribution in [0.25, 0.3) is 0 Å². The van der Waals surface area contributed by atoms with Crippen molar-refractivity contribution in [3.05, 3.63) is 29.9 Å². The second kappa shape index (κ2) is 5.10. The summed E-state index contributed by atoms with van der Waals surface area (Å²) in [6.07, 6.45) is 10.6. The van der Waals surface area contributed by atoms with Crippen molar-refractivity contribution in [1.82, 2.24) is 9.55 Å². The van der Waals surface area contributed by atoms with E-state index in [0.717, 1.165) is 37.2 Å². The van der Waals surface area contributed by atoms with Gasteiger partial charge in [-0.15, -0.1) is 0 Å². The molecule has 16 heavy (non-hydrogen) atoms. The van der Waals surface area contributed by atoms with Gasteiger partial charge in [0.2, 0.25) is 0 Å². The summed E-state index contributed by atoms with van der Waals surface area (Å²) >= 11 is 0. The predicted octanol–water partition coefficient (Wildman–Crippen LogP) is 2.52. The van der Waals surface area contributed by atoms with Crippen LogP contribution >= 0.6 is 0 Å². The minimum absolute atomic E-state index is 0.251. The van der Waals surface area contributed by atoms with Gasteiger partial charge in [-0.1, -0.05) is 6.08 Å². The molecule has 1 heterocycles. The van der Waals surface area contributed by atoms with Crippen LogP contribution in [0.4, 0.5) is 0 Å². The molecule has 1 aliphatic rings. The molecule has 3 heteroatoms. The lowest BCUT2D eigenvalue weighted by atomic mass is 9.95. The Balaban J connectivity index is 2.04. The van der Waals surface area contributed by atoms with Gasteiger partial charge >= 0.3 is 0 Å². The molecule has 0 N–H and O–H groups in total. The summed E-state index contributed by atoms with van der Waals surface area (Å²) in [6, 6.07) is 0. The summed E-state index contributed by atoms with van der Waals surface area (Å²) in [6.45, 7) is 2.94. The van der Waals surface area contributed by atoms with E-state index >= 15 is 0 Å². The lowest BCUT2D eigenvalue weighted by molar-refractivity contribution is -0.115. The van der Waals surface area contributed by atoms with Crippen molar-refractivity contribution in [1.29, 1.82) is 0 Å². The maximum Gasteiger partial charge on any atom is 0.166 e. The summed E-state index contributed by atoms with van der Waals surface area (Å²) in [4.78, 5) is 16.2. The van der Waals surface area contributed by atoms with Crippen LogP contribution in [0.2, 0.25) is 0 Å². The standard InChI is InChI=1S/C13H18N2O/c1-2-15-9-8-14-13(15)10-12(16)11-6-4-3-5-7-11/h6,8-9H,2-5,7,10H2,1H3. The van der Waals surface area contributed by atoms with Crippen molar-refractivity contribution in [2.24, 2.45) is 0 Å². The first-order valence-electron chi connectivity index (χ1n) is 6.03. The number of aromatic nitrogens is 2. The lowest BCUT2D eigenvalue weighted by Gasteiger charge is -2.11. The molecule has 3 nitrogen and oxygen atoms in total. The van der Waals surface area contributed by atoms with Crippen LogP contribution in [-0.2, 0) is 17.8 Å². The zero-order valence-electron chi connectivity index (χ0n) is 9.78. The van der Waals surface area contributed by atoms with Crippen LogP contribution in [0.15, 0.2) is 24.0 Å². The fourth-order valence-corrected chi connectivity index (χ4v) is 2.14. The molecule has 1 aliphatic carbocycles. The Morgan fingerprint density at radius 3 is 3.06 bits per heavy atom. The average Bonchev–Trinajstić information content (AvgIpc) is 2.77. The SMILES string of the molecule is CCn1ccnc1CC(=O)C1=CCCCC1. The van der Waals surface area contributed by atoms with Crippen molar-refractivity contribution in [3.63, 3.8) is 0 Å². The number of Topliss-reactive ketones (excluding diaryl/α,β-unsaturated/α-hetero) is 1. The Labute approximate surface area is 96.2 Å². The van der Waals surface area contributed by atoms with Gasteiger partial charge in [-0.2, -0.15) is 0 Å². The highest BCUT2D eigenvalue weighted by Crippen LogP contribution is 2.19. The van der Waals surface area contributed by atoms with Gasteiger partial charge in [0.05, 0.1) is 6.42 Å². The fourth-order valence-electron chi connectivity index (χ4n) is 2.14. The van der Waals surface area contributed by atoms with Crippen LogP contribution in [0.1, 0.15) is 38.4 Å². The molecule has 86 valence electrons. The summed E-state index contributed by atoms with van der Waals surface area (Å²) < 4.78 is 2.03. The molecule has 0 bridgehead atoms. The van der Waals surface area contributed by atoms with E-state index in [9.17, 15) is 4.79 Å². The third kappa shape index (κ3) is 2.40. The molecule has 0 fully saturated rings. The van der Waals surface area contributed by atoms with Crippen LogP contribution < -0.4 is 0 Å². The monoisotopic (exact) mass is 218 g/mol. The van der Waals surface area contributed by atoms with Crippen molar-refractivity contribution in [2.75, 3.05) is 0 Å². The molecular weight excluding hydrogens is 200 g/mol. The van der Waals surface area contributed by atoms with E-state index in [1.807, 2.05) is 10.8 Å². The highest BCUT2D eigenvalue weighted by atomic mass is 16.1. The first kappa shape index (κ1) is 11.1. The molecule has 1 aromatic heterocycles. The molecule has 0 saturated heterocycles. The number of hydrogen-bond acceptors (Lipinski definition) is 2. The van der Waals surface area contributed by atoms with E-state index in [0.29, 0.717) is 6.42 Å². The van der Waals surface area contributed by atoms with Crippen molar-refractivity contribution >= 4 is 5.78 Å². The molecule has 0 saturated carbocycles. The molecular formula is C13H18N2O. The van der Waals surface area contributed by atoms with Gasteiger partial charge in [-0.3, -0.25) is 4.79 Å². The van der Waals surface area contributed by atoms with Crippen molar-refractivity contribution in [3.8, 4) is 0 Å². The van der Waals surface area contributed by atoms with Crippen molar-refractivity contribution in [2.45, 2.75) is 45.6 Å². The Morgan fingerprint density at radius 1 is 1.50 bits per heavy atom. The van der Waals surface area contributed by atoms with E-state index in [2.05, 4.69) is 18.0 Å². The zero-order chi connectivity index (χ0) is 11.4. The summed E-state index contributed by atoms with van der Waals surface area (Å²) in [7, 11) is 0. The minimum Gasteiger partial charge on any atom is -0.335 e. The highest BCUT2D eigenvalue weighted by molar-refractivity contribution is 5.96. The Bertz CT molecular complexity index is 404. The number of aryl methyl sites for hydroxylation is 1. The number of imidazole rings is 1. The van der Waals surface area contributed by atoms with Gasteiger partial charge in [-0.05, 0) is 38.2 Å². The fraction of sp³-hybridized carbons (Fsp3) is 0.538. The second-order valence-corrected chi connectivity index (χ2v) is 4.20. The molecule has 0 aromatic carbocycles. The van der Waals surface area contributed by atoms with Gasteiger partial charge in [-0.25, -0.2) is 4.98 Å². The van der Waals surface area contributed by atoms with Crippen LogP contribution in [0.5, 0.6) is 0 Å². The number of hydrogen-bond donors (Lipinski definition) is 0. The number of carbonyl (C=O) groups excluding carboxylic acids is 1.